The van der Waals surface area contributed by atoms with Crippen LogP contribution in [0.5, 0.6) is 17.2 Å². The van der Waals surface area contributed by atoms with Crippen LogP contribution < -0.4 is 19.9 Å². The number of rotatable bonds is 5. The Morgan fingerprint density at radius 2 is 1.48 bits per heavy atom. The number of methoxy groups -OCH3 is 2. The minimum atomic E-state index is -0.582. The zero-order valence-corrected chi connectivity index (χ0v) is 14.0. The predicted octanol–water partition coefficient (Wildman–Crippen LogP) is 2.78. The fourth-order valence-electron chi connectivity index (χ4n) is 1.84. The molecule has 0 aliphatic heterocycles. The predicted molar refractivity (Wildman–Crippen MR) is 87.2 cm³/mol. The van der Waals surface area contributed by atoms with Crippen molar-refractivity contribution < 1.29 is 23.8 Å². The molecular weight excluding hydrogens is 366 g/mol. The Balaban J connectivity index is 2.25. The van der Waals surface area contributed by atoms with E-state index in [0.29, 0.717) is 27.3 Å². The number of amides is 1. The van der Waals surface area contributed by atoms with E-state index in [2.05, 4.69) is 15.9 Å². The number of carbonyl (C=O) groups excluding carboxylic acids is 2. The van der Waals surface area contributed by atoms with Crippen LogP contribution in [0, 0.1) is 0 Å². The summed E-state index contributed by atoms with van der Waals surface area (Å²) in [7, 11) is 2.97. The monoisotopic (exact) mass is 379 g/mol. The van der Waals surface area contributed by atoms with Gasteiger partial charge in [-0.3, -0.25) is 4.79 Å². The molecule has 0 saturated carbocycles. The quantitative estimate of drug-likeness (QED) is 0.637. The normalized spacial score (nSPS) is 10.0. The van der Waals surface area contributed by atoms with E-state index in [4.69, 9.17) is 19.9 Å². The summed E-state index contributed by atoms with van der Waals surface area (Å²) in [6.07, 6.45) is 0. The Bertz CT molecular complexity index is 718. The highest BCUT2D eigenvalue weighted by atomic mass is 79.9. The second kappa shape index (κ2) is 7.15. The van der Waals surface area contributed by atoms with Gasteiger partial charge in [0.25, 0.3) is 0 Å². The summed E-state index contributed by atoms with van der Waals surface area (Å²) < 4.78 is 16.2. The lowest BCUT2D eigenvalue weighted by molar-refractivity contribution is 0.0734. The van der Waals surface area contributed by atoms with Crippen molar-refractivity contribution in [1.82, 2.24) is 0 Å². The van der Waals surface area contributed by atoms with Crippen LogP contribution in [-0.2, 0) is 0 Å². The lowest BCUT2D eigenvalue weighted by Gasteiger charge is -2.11. The second-order valence-corrected chi connectivity index (χ2v) is 5.27. The molecule has 7 heteroatoms. The fraction of sp³-hybridized carbons (Fsp3) is 0.125. The second-order valence-electron chi connectivity index (χ2n) is 4.47. The zero-order chi connectivity index (χ0) is 17.0. The number of benzene rings is 2. The number of halogens is 1. The molecule has 0 heterocycles. The minimum Gasteiger partial charge on any atom is -0.495 e. The van der Waals surface area contributed by atoms with E-state index in [9.17, 15) is 9.59 Å². The molecule has 0 bridgehead atoms. The summed E-state index contributed by atoms with van der Waals surface area (Å²) in [5, 5.41) is 0. The molecular formula is C16H14BrNO5. The average molecular weight is 380 g/mol. The number of primary amides is 1. The van der Waals surface area contributed by atoms with Crippen LogP contribution in [0.4, 0.5) is 0 Å². The molecule has 120 valence electrons. The number of ether oxygens (including phenoxy) is 3. The Labute approximate surface area is 141 Å². The third-order valence-corrected chi connectivity index (χ3v) is 3.81. The van der Waals surface area contributed by atoms with Crippen molar-refractivity contribution in [2.75, 3.05) is 14.2 Å². The Kier molecular flexibility index (Phi) is 5.23. The lowest BCUT2D eigenvalue weighted by Crippen LogP contribution is -2.12. The molecule has 2 rings (SSSR count). The molecule has 1 amide bonds. The smallest absolute Gasteiger partial charge is 0.343 e. The fourth-order valence-corrected chi connectivity index (χ4v) is 2.39. The van der Waals surface area contributed by atoms with Crippen LogP contribution >= 0.6 is 15.9 Å². The Morgan fingerprint density at radius 3 is 1.91 bits per heavy atom. The maximum Gasteiger partial charge on any atom is 0.343 e. The maximum atomic E-state index is 12.2. The van der Waals surface area contributed by atoms with E-state index in [1.807, 2.05) is 0 Å². The van der Waals surface area contributed by atoms with Crippen LogP contribution in [0.2, 0.25) is 0 Å². The lowest BCUT2D eigenvalue weighted by atomic mass is 10.2. The molecule has 0 unspecified atom stereocenters. The highest BCUT2D eigenvalue weighted by Gasteiger charge is 2.16. The van der Waals surface area contributed by atoms with Crippen molar-refractivity contribution in [3.63, 3.8) is 0 Å². The molecule has 0 spiro atoms. The molecule has 0 atom stereocenters. The summed E-state index contributed by atoms with van der Waals surface area (Å²) in [6.45, 7) is 0. The molecule has 2 N–H and O–H groups in total. The van der Waals surface area contributed by atoms with Crippen molar-refractivity contribution in [1.29, 1.82) is 0 Å². The number of esters is 1. The zero-order valence-electron chi connectivity index (χ0n) is 12.5. The van der Waals surface area contributed by atoms with Gasteiger partial charge in [-0.1, -0.05) is 0 Å². The average Bonchev–Trinajstić information content (AvgIpc) is 2.55. The van der Waals surface area contributed by atoms with Crippen LogP contribution in [0.1, 0.15) is 20.7 Å². The van der Waals surface area contributed by atoms with Crippen LogP contribution in [0.3, 0.4) is 0 Å². The third kappa shape index (κ3) is 3.81. The maximum absolute atomic E-state index is 12.2. The van der Waals surface area contributed by atoms with E-state index in [0.717, 1.165) is 0 Å². The highest BCUT2D eigenvalue weighted by Crippen LogP contribution is 2.35. The summed E-state index contributed by atoms with van der Waals surface area (Å²) >= 11 is 3.33. The van der Waals surface area contributed by atoms with Crippen LogP contribution in [0.25, 0.3) is 0 Å². The van der Waals surface area contributed by atoms with E-state index >= 15 is 0 Å². The molecule has 0 aliphatic rings. The van der Waals surface area contributed by atoms with Crippen molar-refractivity contribution in [3.8, 4) is 17.2 Å². The van der Waals surface area contributed by atoms with Crippen molar-refractivity contribution in [2.24, 2.45) is 5.73 Å². The van der Waals surface area contributed by atoms with E-state index in [-0.39, 0.29) is 5.56 Å². The van der Waals surface area contributed by atoms with Gasteiger partial charge in [-0.25, -0.2) is 4.79 Å². The summed E-state index contributed by atoms with van der Waals surface area (Å²) in [4.78, 5) is 23.3. The SMILES string of the molecule is COc1cc(C(=O)Oc2ccc(C(N)=O)cc2)cc(OC)c1Br. The van der Waals surface area contributed by atoms with Crippen LogP contribution in [-0.4, -0.2) is 26.1 Å². The molecule has 0 saturated heterocycles. The standard InChI is InChI=1S/C16H14BrNO5/c1-21-12-7-10(8-13(22-2)14(12)17)16(20)23-11-5-3-9(4-6-11)15(18)19/h3-8H,1-2H3,(H2,18,19). The van der Waals surface area contributed by atoms with Crippen molar-refractivity contribution >= 4 is 27.8 Å². The third-order valence-electron chi connectivity index (χ3n) is 3.03. The number of hydrogen-bond acceptors (Lipinski definition) is 5. The van der Waals surface area contributed by atoms with Gasteiger partial charge in [-0.15, -0.1) is 0 Å². The molecule has 23 heavy (non-hydrogen) atoms. The van der Waals surface area contributed by atoms with Crippen LogP contribution in [0.15, 0.2) is 40.9 Å². The largest absolute Gasteiger partial charge is 0.495 e. The van der Waals surface area contributed by atoms with Gasteiger partial charge in [0.15, 0.2) is 0 Å². The van der Waals surface area contributed by atoms with Gasteiger partial charge in [0.1, 0.15) is 21.7 Å². The molecule has 6 nitrogen and oxygen atoms in total. The van der Waals surface area contributed by atoms with E-state index < -0.39 is 11.9 Å². The van der Waals surface area contributed by atoms with Gasteiger partial charge in [0, 0.05) is 5.56 Å². The highest BCUT2D eigenvalue weighted by molar-refractivity contribution is 9.10. The van der Waals surface area contributed by atoms with Gasteiger partial charge in [-0.05, 0) is 52.3 Å². The minimum absolute atomic E-state index is 0.265. The van der Waals surface area contributed by atoms with Gasteiger partial charge in [0.2, 0.25) is 5.91 Å². The molecule has 0 radical (unpaired) electrons. The van der Waals surface area contributed by atoms with Gasteiger partial charge < -0.3 is 19.9 Å². The molecule has 0 fully saturated rings. The summed E-state index contributed by atoms with van der Waals surface area (Å²) in [5.41, 5.74) is 5.75. The summed E-state index contributed by atoms with van der Waals surface area (Å²) in [6, 6.07) is 9.01. The van der Waals surface area contributed by atoms with Gasteiger partial charge >= 0.3 is 5.97 Å². The van der Waals surface area contributed by atoms with E-state index in [1.54, 1.807) is 0 Å². The van der Waals surface area contributed by atoms with Crippen molar-refractivity contribution in [2.45, 2.75) is 0 Å². The van der Waals surface area contributed by atoms with E-state index in [1.165, 1.54) is 50.6 Å². The first-order chi connectivity index (χ1) is 11.0. The first-order valence-electron chi connectivity index (χ1n) is 6.49. The van der Waals surface area contributed by atoms with Gasteiger partial charge in [0.05, 0.1) is 19.8 Å². The number of hydrogen-bond donors (Lipinski definition) is 1. The topological polar surface area (TPSA) is 87.9 Å². The Morgan fingerprint density at radius 1 is 0.957 bits per heavy atom. The number of carbonyl (C=O) groups is 2. The molecule has 0 aliphatic carbocycles. The molecule has 0 aromatic heterocycles. The van der Waals surface area contributed by atoms with Crippen molar-refractivity contribution in [3.05, 3.63) is 52.0 Å². The number of nitrogens with two attached hydrogens (primary N) is 1. The molecule has 2 aromatic rings. The first-order valence-corrected chi connectivity index (χ1v) is 7.29. The summed E-state index contributed by atoms with van der Waals surface area (Å²) in [5.74, 6) is 0.0489. The Hall–Kier alpha value is -2.54. The first kappa shape index (κ1) is 16.8. The van der Waals surface area contributed by atoms with Gasteiger partial charge in [-0.2, -0.15) is 0 Å². The molecule has 2 aromatic carbocycles.